The predicted molar refractivity (Wildman–Crippen MR) is 103 cm³/mol. The van der Waals surface area contributed by atoms with Gasteiger partial charge in [-0.25, -0.2) is 0 Å². The van der Waals surface area contributed by atoms with E-state index in [2.05, 4.69) is 41.5 Å². The second-order valence-corrected chi connectivity index (χ2v) is 9.05. The topological polar surface area (TPSA) is 29.5 Å². The van der Waals surface area contributed by atoms with Crippen LogP contribution >= 0.6 is 8.69 Å². The molecule has 2 nitrogen and oxygen atoms in total. The molecule has 0 aromatic heterocycles. The fourth-order valence-corrected chi connectivity index (χ4v) is 3.59. The summed E-state index contributed by atoms with van der Waals surface area (Å²) in [4.78, 5) is 9.41. The minimum absolute atomic E-state index is 0.122. The molecule has 0 aliphatic carbocycles. The van der Waals surface area contributed by atoms with Gasteiger partial charge in [0.25, 0.3) is 0 Å². The van der Waals surface area contributed by atoms with E-state index in [1.807, 2.05) is 48.5 Å². The van der Waals surface area contributed by atoms with E-state index in [4.69, 9.17) is 4.52 Å². The Labute approximate surface area is 152 Å². The average molecular weight is 362 g/mol. The molecule has 4 heteroatoms. The smallest absolute Gasteiger partial charge is 0.325 e. The molecule has 0 aliphatic heterocycles. The van der Waals surface area contributed by atoms with Gasteiger partial charge in [-0.05, 0) is 33.1 Å². The van der Waals surface area contributed by atoms with Crippen molar-refractivity contribution in [1.29, 1.82) is 0 Å². The molecule has 0 bridgehead atoms. The zero-order valence-corrected chi connectivity index (χ0v) is 16.8. The first-order valence-electron chi connectivity index (χ1n) is 8.52. The lowest BCUT2D eigenvalue weighted by molar-refractivity contribution is 0.219. The van der Waals surface area contributed by atoms with Gasteiger partial charge in [-0.1, -0.05) is 90.1 Å². The number of hydrogen-bond donors (Lipinski definition) is 1. The third kappa shape index (κ3) is 4.88. The van der Waals surface area contributed by atoms with E-state index in [-0.39, 0.29) is 10.8 Å². The van der Waals surface area contributed by atoms with Gasteiger partial charge in [-0.2, -0.15) is 4.20 Å². The van der Waals surface area contributed by atoms with Crippen LogP contribution in [-0.2, 0) is 15.4 Å². The molecule has 2 rings (SSSR count). The second kappa shape index (κ2) is 7.53. The number of rotatable bonds is 4. The Hall–Kier alpha value is -1.28. The molecular weight excluding hydrogens is 334 g/mol. The summed E-state index contributed by atoms with van der Waals surface area (Å²) >= 11 is 0. The fourth-order valence-electron chi connectivity index (χ4n) is 3.19. The van der Waals surface area contributed by atoms with Gasteiger partial charge in [0, 0.05) is 0 Å². The van der Waals surface area contributed by atoms with Crippen LogP contribution in [0, 0.1) is 0 Å². The lowest BCUT2D eigenvalue weighted by atomic mass is 9.78. The van der Waals surface area contributed by atoms with Crippen LogP contribution in [-0.4, -0.2) is 4.89 Å². The van der Waals surface area contributed by atoms with Gasteiger partial charge >= 0.3 is 8.69 Å². The third-order valence-corrected chi connectivity index (χ3v) is 4.68. The molecular formula is C21H28FO2P. The van der Waals surface area contributed by atoms with Crippen molar-refractivity contribution in [2.24, 2.45) is 0 Å². The van der Waals surface area contributed by atoms with E-state index in [0.717, 1.165) is 22.3 Å². The van der Waals surface area contributed by atoms with Crippen LogP contribution in [0.3, 0.4) is 0 Å². The lowest BCUT2D eigenvalue weighted by Gasteiger charge is -2.31. The standard InChI is InChI=1S/C21H28FO2P/c1-20(2,3)17-13-9-7-11-15(17)19(24-25(22)23)16-12-8-10-14-18(16)21(4,5)6/h7-14,19,23H,1-6H3. The van der Waals surface area contributed by atoms with Crippen LogP contribution in [0.2, 0.25) is 0 Å². The van der Waals surface area contributed by atoms with E-state index in [0.29, 0.717) is 0 Å². The van der Waals surface area contributed by atoms with Gasteiger partial charge in [-0.3, -0.25) is 4.52 Å². The van der Waals surface area contributed by atoms with Crippen molar-refractivity contribution in [3.63, 3.8) is 0 Å². The van der Waals surface area contributed by atoms with E-state index in [9.17, 15) is 9.09 Å². The Balaban J connectivity index is 2.69. The first-order chi connectivity index (χ1) is 11.5. The first kappa shape index (κ1) is 20.0. The Morgan fingerprint density at radius 2 is 1.16 bits per heavy atom. The molecule has 1 atom stereocenters. The molecule has 0 spiro atoms. The van der Waals surface area contributed by atoms with Crippen molar-refractivity contribution in [2.45, 2.75) is 58.5 Å². The third-order valence-electron chi connectivity index (χ3n) is 4.29. The highest BCUT2D eigenvalue weighted by Crippen LogP contribution is 2.46. The summed E-state index contributed by atoms with van der Waals surface area (Å²) < 4.78 is 19.0. The Bertz CT molecular complexity index is 657. The van der Waals surface area contributed by atoms with Crippen molar-refractivity contribution < 1.29 is 13.6 Å². The molecule has 1 N–H and O–H groups in total. The maximum Gasteiger partial charge on any atom is 0.373 e. The fraction of sp³-hybridized carbons (Fsp3) is 0.429. The molecule has 0 aliphatic rings. The number of halogens is 1. The monoisotopic (exact) mass is 362 g/mol. The van der Waals surface area contributed by atoms with Gasteiger partial charge in [0.2, 0.25) is 0 Å². The van der Waals surface area contributed by atoms with Crippen molar-refractivity contribution in [3.8, 4) is 0 Å². The van der Waals surface area contributed by atoms with Crippen molar-refractivity contribution in [2.75, 3.05) is 0 Å². The summed E-state index contributed by atoms with van der Waals surface area (Å²) in [5.74, 6) is 0. The zero-order valence-electron chi connectivity index (χ0n) is 15.9. The molecule has 25 heavy (non-hydrogen) atoms. The molecule has 1 unspecified atom stereocenters. The van der Waals surface area contributed by atoms with Gasteiger partial charge in [-0.15, -0.1) is 0 Å². The zero-order chi connectivity index (χ0) is 18.8. The summed E-state index contributed by atoms with van der Waals surface area (Å²) in [7, 11) is -2.98. The molecule has 0 radical (unpaired) electrons. The van der Waals surface area contributed by atoms with Gasteiger partial charge in [0.1, 0.15) is 6.10 Å². The predicted octanol–water partition coefficient (Wildman–Crippen LogP) is 6.58. The van der Waals surface area contributed by atoms with Crippen LogP contribution in [0.4, 0.5) is 4.20 Å². The average Bonchev–Trinajstić information content (AvgIpc) is 2.51. The molecule has 0 amide bonds. The Kier molecular flexibility index (Phi) is 6.04. The Morgan fingerprint density at radius 3 is 1.48 bits per heavy atom. The van der Waals surface area contributed by atoms with Crippen LogP contribution in [0.25, 0.3) is 0 Å². The van der Waals surface area contributed by atoms with E-state index >= 15 is 0 Å². The summed E-state index contributed by atoms with van der Waals surface area (Å²) in [5, 5.41) is 0. The minimum Gasteiger partial charge on any atom is -0.325 e. The highest BCUT2D eigenvalue weighted by Gasteiger charge is 2.30. The summed E-state index contributed by atoms with van der Waals surface area (Å²) in [6.07, 6.45) is -0.646. The molecule has 136 valence electrons. The summed E-state index contributed by atoms with van der Waals surface area (Å²) in [5.41, 5.74) is 3.71. The second-order valence-electron chi connectivity index (χ2n) is 8.39. The quantitative estimate of drug-likeness (QED) is 0.623. The van der Waals surface area contributed by atoms with Crippen LogP contribution in [0.5, 0.6) is 0 Å². The van der Waals surface area contributed by atoms with Gasteiger partial charge in [0.15, 0.2) is 0 Å². The van der Waals surface area contributed by atoms with Crippen LogP contribution in [0.1, 0.15) is 69.9 Å². The first-order valence-corrected chi connectivity index (χ1v) is 9.62. The highest BCUT2D eigenvalue weighted by molar-refractivity contribution is 7.40. The molecule has 0 saturated carbocycles. The number of benzene rings is 2. The largest absolute Gasteiger partial charge is 0.373 e. The molecule has 2 aromatic rings. The molecule has 2 aromatic carbocycles. The van der Waals surface area contributed by atoms with Crippen LogP contribution in [0.15, 0.2) is 48.5 Å². The normalized spacial score (nSPS) is 14.0. The lowest BCUT2D eigenvalue weighted by Crippen LogP contribution is -2.20. The van der Waals surface area contributed by atoms with Crippen molar-refractivity contribution >= 4 is 8.69 Å². The SMILES string of the molecule is CC(C)(C)c1ccccc1C(OP(O)F)c1ccccc1C(C)(C)C. The summed E-state index contributed by atoms with van der Waals surface area (Å²) in [6, 6.07) is 15.8. The molecule has 0 heterocycles. The van der Waals surface area contributed by atoms with E-state index in [1.54, 1.807) is 0 Å². The van der Waals surface area contributed by atoms with Gasteiger partial charge < -0.3 is 4.89 Å². The van der Waals surface area contributed by atoms with Gasteiger partial charge in [0.05, 0.1) is 0 Å². The maximum absolute atomic E-state index is 13.6. The van der Waals surface area contributed by atoms with Crippen molar-refractivity contribution in [3.05, 3.63) is 70.8 Å². The maximum atomic E-state index is 13.6. The van der Waals surface area contributed by atoms with E-state index in [1.165, 1.54) is 0 Å². The van der Waals surface area contributed by atoms with Crippen molar-refractivity contribution in [1.82, 2.24) is 0 Å². The minimum atomic E-state index is -2.98. The molecule has 0 saturated heterocycles. The summed E-state index contributed by atoms with van der Waals surface area (Å²) in [6.45, 7) is 12.7. The molecule has 0 fully saturated rings. The number of hydrogen-bond acceptors (Lipinski definition) is 2. The van der Waals surface area contributed by atoms with E-state index < -0.39 is 14.8 Å². The van der Waals surface area contributed by atoms with Crippen LogP contribution < -0.4 is 0 Å². The Morgan fingerprint density at radius 1 is 0.800 bits per heavy atom. The highest BCUT2D eigenvalue weighted by atomic mass is 31.2.